The van der Waals surface area contributed by atoms with Gasteiger partial charge >= 0.3 is 0 Å². The molecule has 1 spiro atoms. The topological polar surface area (TPSA) is 54.0 Å². The number of rotatable bonds is 1. The molecule has 0 bridgehead atoms. The summed E-state index contributed by atoms with van der Waals surface area (Å²) in [5.41, 5.74) is 3.63. The molecule has 4 heterocycles. The molecule has 122 valence electrons. The van der Waals surface area contributed by atoms with Crippen molar-refractivity contribution in [3.63, 3.8) is 0 Å². The predicted octanol–water partition coefficient (Wildman–Crippen LogP) is 3.03. The van der Waals surface area contributed by atoms with E-state index in [4.69, 9.17) is 4.74 Å². The highest BCUT2D eigenvalue weighted by molar-refractivity contribution is 5.87. The maximum Gasteiger partial charge on any atom is 0.142 e. The second kappa shape index (κ2) is 5.31. The smallest absolute Gasteiger partial charge is 0.142 e. The first-order valence-corrected chi connectivity index (χ1v) is 8.61. The van der Waals surface area contributed by atoms with Crippen molar-refractivity contribution < 1.29 is 4.74 Å². The first-order chi connectivity index (χ1) is 11.9. The van der Waals surface area contributed by atoms with Gasteiger partial charge in [-0.05, 0) is 36.5 Å². The number of nitrogens with one attached hydrogen (secondary N) is 1. The number of hydrogen-bond acceptors (Lipinski definition) is 4. The molecule has 2 aliphatic rings. The first-order valence-electron chi connectivity index (χ1n) is 8.61. The second-order valence-corrected chi connectivity index (χ2v) is 6.67. The van der Waals surface area contributed by atoms with E-state index in [0.29, 0.717) is 0 Å². The summed E-state index contributed by atoms with van der Waals surface area (Å²) in [5, 5.41) is 1.10. The Labute approximate surface area is 140 Å². The molecule has 0 aliphatic carbocycles. The molecule has 0 radical (unpaired) electrons. The maximum atomic E-state index is 6.32. The van der Waals surface area contributed by atoms with E-state index in [-0.39, 0.29) is 5.60 Å². The monoisotopic (exact) mass is 320 g/mol. The van der Waals surface area contributed by atoms with E-state index in [9.17, 15) is 0 Å². The summed E-state index contributed by atoms with van der Waals surface area (Å²) < 4.78 is 6.32. The summed E-state index contributed by atoms with van der Waals surface area (Å²) in [7, 11) is 0. The minimum Gasteiger partial charge on any atom is -0.370 e. The summed E-state index contributed by atoms with van der Waals surface area (Å²) in [4.78, 5) is 14.4. The standard InChI is InChI=1S/C19H20N4O/c1-2-4-16-14(3-1)6-12-24-19(16)7-10-23(11-8-19)18-15-5-9-20-17(15)21-13-22-18/h1-5,9,13H,6-8,10-12H2,(H,20,21,22). The van der Waals surface area contributed by atoms with E-state index in [1.807, 2.05) is 6.20 Å². The van der Waals surface area contributed by atoms with Crippen LogP contribution in [0.15, 0.2) is 42.9 Å². The van der Waals surface area contributed by atoms with Crippen LogP contribution in [0, 0.1) is 0 Å². The largest absolute Gasteiger partial charge is 0.370 e. The molecule has 1 saturated heterocycles. The first kappa shape index (κ1) is 14.0. The molecule has 0 atom stereocenters. The van der Waals surface area contributed by atoms with Gasteiger partial charge in [-0.3, -0.25) is 0 Å². The van der Waals surface area contributed by atoms with Gasteiger partial charge in [-0.1, -0.05) is 24.3 Å². The van der Waals surface area contributed by atoms with Gasteiger partial charge in [0.15, 0.2) is 0 Å². The van der Waals surface area contributed by atoms with Crippen molar-refractivity contribution in [2.24, 2.45) is 0 Å². The Balaban J connectivity index is 1.45. The van der Waals surface area contributed by atoms with Gasteiger partial charge < -0.3 is 14.6 Å². The number of ether oxygens (including phenoxy) is 1. The molecule has 1 N–H and O–H groups in total. The predicted molar refractivity (Wildman–Crippen MR) is 93.1 cm³/mol. The number of anilines is 1. The molecular weight excluding hydrogens is 300 g/mol. The van der Waals surface area contributed by atoms with Gasteiger partial charge in [0.25, 0.3) is 0 Å². The Hall–Kier alpha value is -2.40. The highest BCUT2D eigenvalue weighted by atomic mass is 16.5. The summed E-state index contributed by atoms with van der Waals surface area (Å²) in [6, 6.07) is 10.8. The molecule has 2 aromatic heterocycles. The fraction of sp³-hybridized carbons (Fsp3) is 0.368. The minimum atomic E-state index is -0.115. The molecule has 5 rings (SSSR count). The van der Waals surface area contributed by atoms with Crippen molar-refractivity contribution in [1.29, 1.82) is 0 Å². The number of aromatic amines is 1. The average molecular weight is 320 g/mol. The lowest BCUT2D eigenvalue weighted by Crippen LogP contribution is -2.47. The van der Waals surface area contributed by atoms with Crippen molar-refractivity contribution in [2.45, 2.75) is 24.9 Å². The fourth-order valence-corrected chi connectivity index (χ4v) is 4.22. The van der Waals surface area contributed by atoms with Gasteiger partial charge in [0.1, 0.15) is 17.8 Å². The lowest BCUT2D eigenvalue weighted by molar-refractivity contribution is -0.0766. The third-order valence-electron chi connectivity index (χ3n) is 5.46. The lowest BCUT2D eigenvalue weighted by atomic mass is 9.79. The molecule has 0 unspecified atom stereocenters. The van der Waals surface area contributed by atoms with Crippen LogP contribution in [0.1, 0.15) is 24.0 Å². The van der Waals surface area contributed by atoms with Crippen LogP contribution in [0.3, 0.4) is 0 Å². The molecule has 24 heavy (non-hydrogen) atoms. The van der Waals surface area contributed by atoms with Crippen LogP contribution >= 0.6 is 0 Å². The summed E-state index contributed by atoms with van der Waals surface area (Å²) in [5.74, 6) is 1.03. The molecular formula is C19H20N4O. The Kier molecular flexibility index (Phi) is 3.10. The van der Waals surface area contributed by atoms with Crippen molar-refractivity contribution in [3.05, 3.63) is 54.0 Å². The third kappa shape index (κ3) is 2.04. The zero-order valence-electron chi connectivity index (χ0n) is 13.5. The third-order valence-corrected chi connectivity index (χ3v) is 5.46. The van der Waals surface area contributed by atoms with Crippen molar-refractivity contribution in [3.8, 4) is 0 Å². The highest BCUT2D eigenvalue weighted by Crippen LogP contribution is 2.42. The molecule has 1 fully saturated rings. The molecule has 5 nitrogen and oxygen atoms in total. The summed E-state index contributed by atoms with van der Waals surface area (Å²) >= 11 is 0. The SMILES string of the molecule is c1ccc2c(c1)CCOC21CCN(c2ncnc3[nH]ccc23)CC1. The van der Waals surface area contributed by atoms with Crippen molar-refractivity contribution in [2.75, 3.05) is 24.6 Å². The zero-order valence-corrected chi connectivity index (χ0v) is 13.5. The molecule has 5 heteroatoms. The van der Waals surface area contributed by atoms with Gasteiger partial charge in [0.05, 0.1) is 17.6 Å². The van der Waals surface area contributed by atoms with Gasteiger partial charge in [0, 0.05) is 19.3 Å². The Bertz CT molecular complexity index is 880. The van der Waals surface area contributed by atoms with E-state index >= 15 is 0 Å². The van der Waals surface area contributed by atoms with E-state index in [1.54, 1.807) is 6.33 Å². The van der Waals surface area contributed by atoms with Crippen molar-refractivity contribution in [1.82, 2.24) is 15.0 Å². The number of benzene rings is 1. The summed E-state index contributed by atoms with van der Waals surface area (Å²) in [6.45, 7) is 2.73. The number of piperidine rings is 1. The molecule has 2 aliphatic heterocycles. The fourth-order valence-electron chi connectivity index (χ4n) is 4.22. The number of aromatic nitrogens is 3. The Morgan fingerprint density at radius 1 is 1.08 bits per heavy atom. The summed E-state index contributed by atoms with van der Waals surface area (Å²) in [6.07, 6.45) is 6.59. The Morgan fingerprint density at radius 3 is 2.88 bits per heavy atom. The van der Waals surface area contributed by atoms with Crippen LogP contribution in [0.5, 0.6) is 0 Å². The van der Waals surface area contributed by atoms with Gasteiger partial charge in [-0.15, -0.1) is 0 Å². The zero-order chi connectivity index (χ0) is 16.0. The Morgan fingerprint density at radius 2 is 1.96 bits per heavy atom. The number of nitrogens with zero attached hydrogens (tertiary/aromatic N) is 3. The average Bonchev–Trinajstić information content (AvgIpc) is 3.12. The molecule has 1 aromatic carbocycles. The van der Waals surface area contributed by atoms with E-state index in [2.05, 4.69) is 50.2 Å². The normalized spacial score (nSPS) is 19.6. The highest BCUT2D eigenvalue weighted by Gasteiger charge is 2.41. The van der Waals surface area contributed by atoms with Gasteiger partial charge in [-0.2, -0.15) is 0 Å². The van der Waals surface area contributed by atoms with E-state index < -0.39 is 0 Å². The van der Waals surface area contributed by atoms with Crippen LogP contribution in [0.4, 0.5) is 5.82 Å². The van der Waals surface area contributed by atoms with Crippen LogP contribution in [0.25, 0.3) is 11.0 Å². The van der Waals surface area contributed by atoms with Crippen LogP contribution < -0.4 is 4.90 Å². The van der Waals surface area contributed by atoms with Crippen LogP contribution in [0.2, 0.25) is 0 Å². The van der Waals surface area contributed by atoms with Crippen LogP contribution in [-0.2, 0) is 16.8 Å². The van der Waals surface area contributed by atoms with E-state index in [1.165, 1.54) is 11.1 Å². The molecule has 0 saturated carbocycles. The van der Waals surface area contributed by atoms with Gasteiger partial charge in [-0.25, -0.2) is 9.97 Å². The molecule has 0 amide bonds. The van der Waals surface area contributed by atoms with Gasteiger partial charge in [0.2, 0.25) is 0 Å². The molecule has 3 aromatic rings. The minimum absolute atomic E-state index is 0.115. The van der Waals surface area contributed by atoms with Crippen molar-refractivity contribution >= 4 is 16.9 Å². The number of hydrogen-bond donors (Lipinski definition) is 1. The lowest BCUT2D eigenvalue weighted by Gasteiger charge is -2.45. The number of H-pyrrole nitrogens is 1. The quantitative estimate of drug-likeness (QED) is 0.749. The maximum absolute atomic E-state index is 6.32. The number of fused-ring (bicyclic) bond motifs is 3. The van der Waals surface area contributed by atoms with E-state index in [0.717, 1.165) is 55.8 Å². The van der Waals surface area contributed by atoms with Crippen LogP contribution in [-0.4, -0.2) is 34.6 Å². The second-order valence-electron chi connectivity index (χ2n) is 6.67.